The zero-order chi connectivity index (χ0) is 17.0. The summed E-state index contributed by atoms with van der Waals surface area (Å²) in [6, 6.07) is 13.9. The molecule has 1 heterocycles. The highest BCUT2D eigenvalue weighted by Gasteiger charge is 2.36. The zero-order valence-corrected chi connectivity index (χ0v) is 15.0. The fraction of sp³-hybridized carbons (Fsp3) is 0.409. The number of rotatable bonds is 4. The van der Waals surface area contributed by atoms with E-state index in [9.17, 15) is 4.79 Å². The van der Waals surface area contributed by atoms with Crippen LogP contribution in [-0.2, 0) is 11.2 Å². The standard InChI is InChI=1S/C22H22ClNO/c23-21-10-17(3-6-19(21)15-1-2-15)16-4-7-20-18(9-16)5-8-22(20)24-11-14(12-24)13-25/h3-4,6-7,9-10,13-15,22H,1-2,5,8,11-12H2. The van der Waals surface area contributed by atoms with E-state index in [2.05, 4.69) is 41.3 Å². The van der Waals surface area contributed by atoms with Gasteiger partial charge in [0.15, 0.2) is 0 Å². The SMILES string of the molecule is O=CC1CN(C2CCc3cc(-c4ccc(C5CC5)c(Cl)c4)ccc32)C1. The lowest BCUT2D eigenvalue weighted by atomic mass is 9.95. The summed E-state index contributed by atoms with van der Waals surface area (Å²) >= 11 is 6.51. The summed E-state index contributed by atoms with van der Waals surface area (Å²) in [6.45, 7) is 1.85. The molecule has 1 aliphatic heterocycles. The van der Waals surface area contributed by atoms with Crippen molar-refractivity contribution in [2.24, 2.45) is 5.92 Å². The molecule has 2 fully saturated rings. The van der Waals surface area contributed by atoms with Crippen LogP contribution >= 0.6 is 11.6 Å². The monoisotopic (exact) mass is 351 g/mol. The van der Waals surface area contributed by atoms with E-state index in [0.29, 0.717) is 12.0 Å². The summed E-state index contributed by atoms with van der Waals surface area (Å²) in [6.07, 6.45) is 5.96. The van der Waals surface area contributed by atoms with Gasteiger partial charge < -0.3 is 4.79 Å². The molecule has 0 bridgehead atoms. The molecule has 1 saturated carbocycles. The third-order valence-electron chi connectivity index (χ3n) is 6.11. The van der Waals surface area contributed by atoms with Gasteiger partial charge in [-0.3, -0.25) is 4.90 Å². The van der Waals surface area contributed by atoms with Gasteiger partial charge in [-0.1, -0.05) is 41.9 Å². The van der Waals surface area contributed by atoms with Crippen molar-refractivity contribution in [1.29, 1.82) is 0 Å². The van der Waals surface area contributed by atoms with Gasteiger partial charge in [-0.05, 0) is 65.5 Å². The smallest absolute Gasteiger partial charge is 0.125 e. The Hall–Kier alpha value is -1.64. The van der Waals surface area contributed by atoms with E-state index >= 15 is 0 Å². The molecule has 0 amide bonds. The van der Waals surface area contributed by atoms with Gasteiger partial charge in [0.2, 0.25) is 0 Å². The lowest BCUT2D eigenvalue weighted by Gasteiger charge is -2.41. The largest absolute Gasteiger partial charge is 0.303 e. The van der Waals surface area contributed by atoms with Gasteiger partial charge in [0.1, 0.15) is 6.29 Å². The number of carbonyl (C=O) groups is 1. The molecule has 2 aromatic rings. The molecule has 5 rings (SSSR count). The first-order valence-electron chi connectivity index (χ1n) is 9.35. The maximum absolute atomic E-state index is 10.9. The number of nitrogens with zero attached hydrogens (tertiary/aromatic N) is 1. The highest BCUT2D eigenvalue weighted by molar-refractivity contribution is 6.31. The van der Waals surface area contributed by atoms with Crippen LogP contribution in [0.2, 0.25) is 5.02 Å². The van der Waals surface area contributed by atoms with E-state index in [1.165, 1.54) is 47.1 Å². The molecule has 2 nitrogen and oxygen atoms in total. The minimum Gasteiger partial charge on any atom is -0.303 e. The van der Waals surface area contributed by atoms with E-state index < -0.39 is 0 Å². The Labute approximate surface area is 153 Å². The van der Waals surface area contributed by atoms with Gasteiger partial charge >= 0.3 is 0 Å². The van der Waals surface area contributed by atoms with Crippen molar-refractivity contribution in [3.8, 4) is 11.1 Å². The van der Waals surface area contributed by atoms with E-state index in [1.54, 1.807) is 0 Å². The maximum atomic E-state index is 10.9. The van der Waals surface area contributed by atoms with Gasteiger partial charge in [0.05, 0.1) is 0 Å². The topological polar surface area (TPSA) is 20.3 Å². The molecule has 25 heavy (non-hydrogen) atoms. The van der Waals surface area contributed by atoms with Crippen LogP contribution in [0.4, 0.5) is 0 Å². The number of aryl methyl sites for hydroxylation is 1. The highest BCUT2D eigenvalue weighted by atomic mass is 35.5. The minimum atomic E-state index is 0.246. The van der Waals surface area contributed by atoms with Crippen LogP contribution in [0.1, 0.15) is 47.9 Å². The molecule has 1 unspecified atom stereocenters. The number of fused-ring (bicyclic) bond motifs is 1. The van der Waals surface area contributed by atoms with Gasteiger partial charge in [-0.25, -0.2) is 0 Å². The molecule has 3 aliphatic rings. The van der Waals surface area contributed by atoms with Crippen molar-refractivity contribution >= 4 is 17.9 Å². The van der Waals surface area contributed by atoms with E-state index in [-0.39, 0.29) is 5.92 Å². The fourth-order valence-electron chi connectivity index (χ4n) is 4.48. The van der Waals surface area contributed by atoms with Gasteiger partial charge in [-0.2, -0.15) is 0 Å². The van der Waals surface area contributed by atoms with Crippen LogP contribution in [0, 0.1) is 5.92 Å². The predicted octanol–water partition coefficient (Wildman–Crippen LogP) is 5.00. The first-order valence-corrected chi connectivity index (χ1v) is 9.72. The van der Waals surface area contributed by atoms with Crippen LogP contribution in [0.5, 0.6) is 0 Å². The lowest BCUT2D eigenvalue weighted by Crippen LogP contribution is -2.48. The average molecular weight is 352 g/mol. The van der Waals surface area contributed by atoms with Crippen molar-refractivity contribution in [2.75, 3.05) is 13.1 Å². The van der Waals surface area contributed by atoms with Crippen molar-refractivity contribution < 1.29 is 4.79 Å². The quantitative estimate of drug-likeness (QED) is 0.722. The van der Waals surface area contributed by atoms with Crippen molar-refractivity contribution in [2.45, 2.75) is 37.6 Å². The molecule has 2 aliphatic carbocycles. The molecule has 128 valence electrons. The molecule has 1 atom stereocenters. The van der Waals surface area contributed by atoms with E-state index in [4.69, 9.17) is 11.6 Å². The molecule has 0 N–H and O–H groups in total. The van der Waals surface area contributed by atoms with Crippen molar-refractivity contribution in [1.82, 2.24) is 4.90 Å². The van der Waals surface area contributed by atoms with Crippen LogP contribution in [0.25, 0.3) is 11.1 Å². The number of hydrogen-bond acceptors (Lipinski definition) is 2. The van der Waals surface area contributed by atoms with Gasteiger partial charge in [0.25, 0.3) is 0 Å². The van der Waals surface area contributed by atoms with Crippen molar-refractivity contribution in [3.63, 3.8) is 0 Å². The van der Waals surface area contributed by atoms with Crippen LogP contribution in [0.15, 0.2) is 36.4 Å². The summed E-state index contributed by atoms with van der Waals surface area (Å²) < 4.78 is 0. The second kappa shape index (κ2) is 5.96. The number of likely N-dealkylation sites (tertiary alicyclic amines) is 1. The average Bonchev–Trinajstić information content (AvgIpc) is 3.34. The Balaban J connectivity index is 1.40. The molecule has 0 radical (unpaired) electrons. The number of hydrogen-bond donors (Lipinski definition) is 0. The summed E-state index contributed by atoms with van der Waals surface area (Å²) in [5.74, 6) is 0.935. The zero-order valence-electron chi connectivity index (χ0n) is 14.2. The normalized spacial score (nSPS) is 23.3. The second-order valence-electron chi connectivity index (χ2n) is 7.83. The maximum Gasteiger partial charge on any atom is 0.125 e. The summed E-state index contributed by atoms with van der Waals surface area (Å²) in [7, 11) is 0. The Morgan fingerprint density at radius 1 is 0.960 bits per heavy atom. The first-order chi connectivity index (χ1) is 12.2. The Morgan fingerprint density at radius 3 is 2.36 bits per heavy atom. The Kier molecular flexibility index (Phi) is 3.72. The fourth-order valence-corrected chi connectivity index (χ4v) is 4.81. The first kappa shape index (κ1) is 15.6. The number of halogens is 1. The second-order valence-corrected chi connectivity index (χ2v) is 8.24. The Bertz CT molecular complexity index is 836. The lowest BCUT2D eigenvalue weighted by molar-refractivity contribution is -0.116. The van der Waals surface area contributed by atoms with Crippen molar-refractivity contribution in [3.05, 3.63) is 58.1 Å². The third kappa shape index (κ3) is 2.72. The third-order valence-corrected chi connectivity index (χ3v) is 6.44. The van der Waals surface area contributed by atoms with Gasteiger partial charge in [-0.15, -0.1) is 0 Å². The molecular weight excluding hydrogens is 330 g/mol. The molecule has 1 saturated heterocycles. The summed E-state index contributed by atoms with van der Waals surface area (Å²) in [4.78, 5) is 13.3. The Morgan fingerprint density at radius 2 is 1.68 bits per heavy atom. The van der Waals surface area contributed by atoms with Gasteiger partial charge in [0, 0.05) is 30.1 Å². The highest BCUT2D eigenvalue weighted by Crippen LogP contribution is 2.45. The summed E-state index contributed by atoms with van der Waals surface area (Å²) in [5, 5.41) is 0.916. The minimum absolute atomic E-state index is 0.246. The number of benzene rings is 2. The number of carbonyl (C=O) groups excluding carboxylic acids is 1. The molecular formula is C22H22ClNO. The number of aldehydes is 1. The molecule has 3 heteroatoms. The predicted molar refractivity (Wildman–Crippen MR) is 101 cm³/mol. The molecule has 2 aromatic carbocycles. The van der Waals surface area contributed by atoms with Crippen LogP contribution < -0.4 is 0 Å². The van der Waals surface area contributed by atoms with Crippen LogP contribution in [-0.4, -0.2) is 24.3 Å². The van der Waals surface area contributed by atoms with E-state index in [1.807, 2.05) is 0 Å². The molecule has 0 spiro atoms. The summed E-state index contributed by atoms with van der Waals surface area (Å²) in [5.41, 5.74) is 6.70. The van der Waals surface area contributed by atoms with Crippen LogP contribution in [0.3, 0.4) is 0 Å². The molecule has 0 aromatic heterocycles. The van der Waals surface area contributed by atoms with E-state index in [0.717, 1.165) is 30.8 Å².